The van der Waals surface area contributed by atoms with Gasteiger partial charge in [0.2, 0.25) is 0 Å². The minimum atomic E-state index is -0.761. The molecule has 1 rings (SSSR count). The largest absolute Gasteiger partial charge is 0.452 e. The first-order valence-electron chi connectivity index (χ1n) is 6.65. The Labute approximate surface area is 124 Å². The lowest BCUT2D eigenvalue weighted by Gasteiger charge is -2.16. The van der Waals surface area contributed by atoms with Crippen molar-refractivity contribution in [3.8, 4) is 0 Å². The third kappa shape index (κ3) is 5.25. The van der Waals surface area contributed by atoms with Gasteiger partial charge in [-0.15, -0.1) is 11.8 Å². The van der Waals surface area contributed by atoms with E-state index < -0.39 is 6.10 Å². The maximum atomic E-state index is 11.9. The topological polar surface area (TPSA) is 55.4 Å². The van der Waals surface area contributed by atoms with Crippen LogP contribution in [-0.4, -0.2) is 29.8 Å². The van der Waals surface area contributed by atoms with Crippen LogP contribution in [0.4, 0.5) is 0 Å². The van der Waals surface area contributed by atoms with Crippen molar-refractivity contribution in [2.75, 3.05) is 6.54 Å². The summed E-state index contributed by atoms with van der Waals surface area (Å²) in [6.07, 6.45) is -0.761. The summed E-state index contributed by atoms with van der Waals surface area (Å²) in [4.78, 5) is 24.4. The number of carbonyl (C=O) groups is 2. The zero-order chi connectivity index (χ0) is 15.1. The van der Waals surface area contributed by atoms with Crippen LogP contribution in [0.25, 0.3) is 0 Å². The molecule has 110 valence electrons. The van der Waals surface area contributed by atoms with Crippen LogP contribution in [-0.2, 0) is 14.3 Å². The first kappa shape index (κ1) is 16.6. The zero-order valence-corrected chi connectivity index (χ0v) is 13.1. The lowest BCUT2D eigenvalue weighted by Crippen LogP contribution is -2.37. The average molecular weight is 295 g/mol. The quantitative estimate of drug-likeness (QED) is 0.647. The number of amides is 1. The number of ether oxygens (including phenoxy) is 1. The number of thioether (sulfide) groups is 1. The molecule has 0 heterocycles. The number of esters is 1. The molecule has 0 fully saturated rings. The van der Waals surface area contributed by atoms with E-state index in [0.29, 0.717) is 6.54 Å². The normalized spacial score (nSPS) is 13.4. The predicted octanol–water partition coefficient (Wildman–Crippen LogP) is 2.54. The molecule has 0 radical (unpaired) electrons. The highest BCUT2D eigenvalue weighted by molar-refractivity contribution is 8.00. The van der Waals surface area contributed by atoms with E-state index in [1.54, 1.807) is 13.8 Å². The lowest BCUT2D eigenvalue weighted by molar-refractivity contribution is -0.153. The number of likely N-dealkylation sites (N-methyl/N-ethyl adjacent to an activating group) is 1. The van der Waals surface area contributed by atoms with Crippen LogP contribution in [0.5, 0.6) is 0 Å². The summed E-state index contributed by atoms with van der Waals surface area (Å²) < 4.78 is 5.15. The molecule has 20 heavy (non-hydrogen) atoms. The van der Waals surface area contributed by atoms with Crippen molar-refractivity contribution >= 4 is 23.6 Å². The highest BCUT2D eigenvalue weighted by atomic mass is 32.2. The fourth-order valence-electron chi connectivity index (χ4n) is 1.51. The van der Waals surface area contributed by atoms with E-state index in [-0.39, 0.29) is 17.1 Å². The molecule has 4 nitrogen and oxygen atoms in total. The number of aryl methyl sites for hydroxylation is 1. The molecule has 1 aromatic carbocycles. The monoisotopic (exact) mass is 295 g/mol. The van der Waals surface area contributed by atoms with Gasteiger partial charge in [0.1, 0.15) is 5.25 Å². The second-order valence-corrected chi connectivity index (χ2v) is 5.96. The Hall–Kier alpha value is -1.49. The van der Waals surface area contributed by atoms with Gasteiger partial charge in [-0.1, -0.05) is 17.7 Å². The molecule has 5 heteroatoms. The molecule has 0 saturated carbocycles. The summed E-state index contributed by atoms with van der Waals surface area (Å²) >= 11 is 1.42. The first-order valence-corrected chi connectivity index (χ1v) is 7.53. The number of nitrogens with one attached hydrogen (secondary N) is 1. The van der Waals surface area contributed by atoms with Gasteiger partial charge in [-0.2, -0.15) is 0 Å². The maximum Gasteiger partial charge on any atom is 0.319 e. The van der Waals surface area contributed by atoms with Gasteiger partial charge in [-0.25, -0.2) is 0 Å². The first-order chi connectivity index (χ1) is 9.43. The smallest absolute Gasteiger partial charge is 0.319 e. The van der Waals surface area contributed by atoms with E-state index in [9.17, 15) is 9.59 Å². The van der Waals surface area contributed by atoms with E-state index in [1.165, 1.54) is 17.3 Å². The molecular formula is C15H21NO3S. The molecular weight excluding hydrogens is 274 g/mol. The van der Waals surface area contributed by atoms with Crippen LogP contribution >= 0.6 is 11.8 Å². The van der Waals surface area contributed by atoms with Crippen molar-refractivity contribution in [3.05, 3.63) is 29.8 Å². The van der Waals surface area contributed by atoms with E-state index in [2.05, 4.69) is 5.32 Å². The number of hydrogen-bond donors (Lipinski definition) is 1. The van der Waals surface area contributed by atoms with Gasteiger partial charge in [0.15, 0.2) is 6.10 Å². The Morgan fingerprint density at radius 2 is 1.85 bits per heavy atom. The van der Waals surface area contributed by atoms with Gasteiger partial charge < -0.3 is 10.1 Å². The van der Waals surface area contributed by atoms with Crippen molar-refractivity contribution in [1.29, 1.82) is 0 Å². The number of benzene rings is 1. The molecule has 1 N–H and O–H groups in total. The van der Waals surface area contributed by atoms with Crippen molar-refractivity contribution < 1.29 is 14.3 Å². The second kappa shape index (κ2) is 7.94. The number of carbonyl (C=O) groups excluding carboxylic acids is 2. The summed E-state index contributed by atoms with van der Waals surface area (Å²) in [6, 6.07) is 7.93. The Bertz CT molecular complexity index is 459. The second-order valence-electron chi connectivity index (χ2n) is 4.55. The average Bonchev–Trinajstić information content (AvgIpc) is 2.41. The summed E-state index contributed by atoms with van der Waals surface area (Å²) in [5.41, 5.74) is 1.18. The van der Waals surface area contributed by atoms with Gasteiger partial charge in [0.05, 0.1) is 0 Å². The van der Waals surface area contributed by atoms with Crippen molar-refractivity contribution in [1.82, 2.24) is 5.32 Å². The Morgan fingerprint density at radius 1 is 1.25 bits per heavy atom. The van der Waals surface area contributed by atoms with Gasteiger partial charge in [-0.3, -0.25) is 9.59 Å². The molecule has 1 aromatic rings. The molecule has 2 atom stereocenters. The molecule has 1 amide bonds. The molecule has 0 aliphatic heterocycles. The van der Waals surface area contributed by atoms with Crippen LogP contribution in [0.1, 0.15) is 26.3 Å². The van der Waals surface area contributed by atoms with Gasteiger partial charge in [-0.05, 0) is 39.8 Å². The van der Waals surface area contributed by atoms with Crippen molar-refractivity contribution in [2.45, 2.75) is 43.9 Å². The van der Waals surface area contributed by atoms with Gasteiger partial charge >= 0.3 is 5.97 Å². The van der Waals surface area contributed by atoms with Crippen LogP contribution in [0.2, 0.25) is 0 Å². The summed E-state index contributed by atoms with van der Waals surface area (Å²) in [7, 11) is 0. The van der Waals surface area contributed by atoms with Crippen LogP contribution in [0, 0.1) is 6.92 Å². The van der Waals surface area contributed by atoms with Crippen LogP contribution in [0.3, 0.4) is 0 Å². The molecule has 0 saturated heterocycles. The van der Waals surface area contributed by atoms with E-state index in [0.717, 1.165) is 4.90 Å². The van der Waals surface area contributed by atoms with E-state index >= 15 is 0 Å². The van der Waals surface area contributed by atoms with E-state index in [1.807, 2.05) is 38.1 Å². The standard InChI is InChI=1S/C15H21NO3S/c1-5-16-14(17)11(3)19-15(18)12(4)20-13-8-6-10(2)7-9-13/h6-9,11-12H,5H2,1-4H3,(H,16,17)/t11-,12+/m0/s1. The van der Waals surface area contributed by atoms with Crippen LogP contribution in [0.15, 0.2) is 29.2 Å². The maximum absolute atomic E-state index is 11.9. The molecule has 0 unspecified atom stereocenters. The van der Waals surface area contributed by atoms with E-state index in [4.69, 9.17) is 4.74 Å². The summed E-state index contributed by atoms with van der Waals surface area (Å²) in [5, 5.41) is 2.27. The minimum absolute atomic E-state index is 0.270. The Morgan fingerprint density at radius 3 is 2.40 bits per heavy atom. The fraction of sp³-hybridized carbons (Fsp3) is 0.467. The third-order valence-corrected chi connectivity index (χ3v) is 3.77. The molecule has 0 aromatic heterocycles. The highest BCUT2D eigenvalue weighted by Crippen LogP contribution is 2.24. The number of rotatable bonds is 6. The van der Waals surface area contributed by atoms with Gasteiger partial charge in [0, 0.05) is 11.4 Å². The van der Waals surface area contributed by atoms with Gasteiger partial charge in [0.25, 0.3) is 5.91 Å². The fourth-order valence-corrected chi connectivity index (χ4v) is 2.36. The van der Waals surface area contributed by atoms with Crippen molar-refractivity contribution in [3.63, 3.8) is 0 Å². The minimum Gasteiger partial charge on any atom is -0.452 e. The SMILES string of the molecule is CCNC(=O)[C@H](C)OC(=O)[C@@H](C)Sc1ccc(C)cc1. The summed E-state index contributed by atoms with van der Waals surface area (Å²) in [6.45, 7) is 7.71. The molecule has 0 spiro atoms. The molecule has 0 bridgehead atoms. The zero-order valence-electron chi connectivity index (χ0n) is 12.3. The lowest BCUT2D eigenvalue weighted by atomic mass is 10.2. The number of hydrogen-bond acceptors (Lipinski definition) is 4. The molecule has 0 aliphatic carbocycles. The Balaban J connectivity index is 2.50. The highest BCUT2D eigenvalue weighted by Gasteiger charge is 2.22. The Kier molecular flexibility index (Phi) is 6.58. The van der Waals surface area contributed by atoms with Crippen molar-refractivity contribution in [2.24, 2.45) is 0 Å². The summed E-state index contributed by atoms with van der Waals surface area (Å²) in [5.74, 6) is -0.650. The molecule has 0 aliphatic rings. The van der Waals surface area contributed by atoms with Crippen LogP contribution < -0.4 is 5.32 Å². The predicted molar refractivity (Wildman–Crippen MR) is 80.7 cm³/mol. The third-order valence-electron chi connectivity index (χ3n) is 2.68.